The molecular weight excluding hydrogens is 268 g/mol. The highest BCUT2D eigenvalue weighted by Crippen LogP contribution is 2.36. The molecule has 0 aromatic heterocycles. The Balaban J connectivity index is 3.22. The maximum atomic E-state index is 6.67. The summed E-state index contributed by atoms with van der Waals surface area (Å²) in [5.41, 5.74) is 8.90. The van der Waals surface area contributed by atoms with Crippen LogP contribution in [0.4, 0.5) is 0 Å². The smallest absolute Gasteiger partial charge is 0.0482 e. The summed E-state index contributed by atoms with van der Waals surface area (Å²) in [6.07, 6.45) is 2.08. The van der Waals surface area contributed by atoms with E-state index < -0.39 is 0 Å². The summed E-state index contributed by atoms with van der Waals surface area (Å²) < 4.78 is 0. The Hall–Kier alpha value is -0.570. The highest BCUT2D eigenvalue weighted by molar-refractivity contribution is 6.31. The number of halogens is 1. The fourth-order valence-electron chi connectivity index (χ4n) is 3.30. The summed E-state index contributed by atoms with van der Waals surface area (Å²) in [6, 6.07) is 6.20. The Morgan fingerprint density at radius 2 is 1.70 bits per heavy atom. The number of hydrogen-bond acceptors (Lipinski definition) is 2. The fourth-order valence-corrected chi connectivity index (χ4v) is 3.49. The van der Waals surface area contributed by atoms with Gasteiger partial charge in [-0.3, -0.25) is 4.90 Å². The van der Waals surface area contributed by atoms with E-state index in [1.165, 1.54) is 0 Å². The summed E-state index contributed by atoms with van der Waals surface area (Å²) in [7, 11) is 0. The molecule has 0 aliphatic heterocycles. The van der Waals surface area contributed by atoms with Crippen molar-refractivity contribution < 1.29 is 0 Å². The van der Waals surface area contributed by atoms with Gasteiger partial charge in [-0.25, -0.2) is 0 Å². The van der Waals surface area contributed by atoms with Gasteiger partial charge in [0.05, 0.1) is 0 Å². The summed E-state index contributed by atoms with van der Waals surface area (Å²) in [6.45, 7) is 12.9. The van der Waals surface area contributed by atoms with Crippen molar-refractivity contribution in [2.45, 2.75) is 59.0 Å². The van der Waals surface area contributed by atoms with E-state index in [1.54, 1.807) is 0 Å². The second kappa shape index (κ2) is 7.44. The molecule has 3 heteroatoms. The maximum Gasteiger partial charge on any atom is 0.0482 e. The van der Waals surface area contributed by atoms with E-state index in [9.17, 15) is 0 Å². The van der Waals surface area contributed by atoms with Crippen molar-refractivity contribution in [3.63, 3.8) is 0 Å². The lowest BCUT2D eigenvalue weighted by atomic mass is 9.79. The van der Waals surface area contributed by atoms with Gasteiger partial charge in [-0.1, -0.05) is 51.4 Å². The molecule has 114 valence electrons. The number of rotatable bonds is 7. The lowest BCUT2D eigenvalue weighted by Crippen LogP contribution is -2.54. The van der Waals surface area contributed by atoms with E-state index in [-0.39, 0.29) is 11.6 Å². The van der Waals surface area contributed by atoms with Crippen LogP contribution < -0.4 is 5.73 Å². The molecule has 0 saturated heterocycles. The Morgan fingerprint density at radius 1 is 1.15 bits per heavy atom. The normalized spacial score (nSPS) is 13.8. The van der Waals surface area contributed by atoms with Gasteiger partial charge in [-0.2, -0.15) is 0 Å². The minimum Gasteiger partial charge on any atom is -0.322 e. The van der Waals surface area contributed by atoms with Crippen molar-refractivity contribution in [1.29, 1.82) is 0 Å². The molecule has 1 rings (SSSR count). The van der Waals surface area contributed by atoms with Crippen LogP contribution in [-0.2, 0) is 0 Å². The molecule has 0 spiro atoms. The maximum absolute atomic E-state index is 6.67. The van der Waals surface area contributed by atoms with E-state index in [0.717, 1.165) is 42.1 Å². The first kappa shape index (κ1) is 17.5. The predicted molar refractivity (Wildman–Crippen MR) is 89.4 cm³/mol. The molecule has 1 unspecified atom stereocenters. The predicted octanol–water partition coefficient (Wildman–Crippen LogP) is 4.55. The Labute approximate surface area is 129 Å². The zero-order valence-electron chi connectivity index (χ0n) is 13.5. The standard InChI is InChI=1S/C17H29ClN2/c1-6-17(7-2,20(8-3)9-4)16(19)14-11-10-13(5)15(18)12-14/h10-12,16H,6-9,19H2,1-5H3. The molecule has 0 aliphatic rings. The van der Waals surface area contributed by atoms with Crippen molar-refractivity contribution in [3.05, 3.63) is 34.3 Å². The molecule has 0 saturated carbocycles. The third-order valence-corrected chi connectivity index (χ3v) is 5.16. The third kappa shape index (κ3) is 3.19. The van der Waals surface area contributed by atoms with Crippen LogP contribution in [0.3, 0.4) is 0 Å². The fraction of sp³-hybridized carbons (Fsp3) is 0.647. The first-order valence-electron chi connectivity index (χ1n) is 7.73. The molecule has 20 heavy (non-hydrogen) atoms. The van der Waals surface area contributed by atoms with Gasteiger partial charge in [0, 0.05) is 16.6 Å². The van der Waals surface area contributed by atoms with Crippen molar-refractivity contribution in [3.8, 4) is 0 Å². The molecule has 0 radical (unpaired) electrons. The first-order chi connectivity index (χ1) is 9.46. The Bertz CT molecular complexity index is 423. The molecule has 2 nitrogen and oxygen atoms in total. The molecule has 0 amide bonds. The SMILES string of the molecule is CCN(CC)C(CC)(CC)C(N)c1ccc(C)c(Cl)c1. The van der Waals surface area contributed by atoms with Crippen LogP contribution in [0.25, 0.3) is 0 Å². The molecule has 2 N–H and O–H groups in total. The Morgan fingerprint density at radius 3 is 2.10 bits per heavy atom. The van der Waals surface area contributed by atoms with Gasteiger partial charge in [0.2, 0.25) is 0 Å². The van der Waals surface area contributed by atoms with Crippen LogP contribution in [-0.4, -0.2) is 23.5 Å². The van der Waals surface area contributed by atoms with Crippen molar-refractivity contribution >= 4 is 11.6 Å². The highest BCUT2D eigenvalue weighted by atomic mass is 35.5. The molecule has 1 aromatic rings. The number of nitrogens with zero attached hydrogens (tertiary/aromatic N) is 1. The summed E-state index contributed by atoms with van der Waals surface area (Å²) in [5, 5.41) is 0.804. The molecular formula is C17H29ClN2. The molecule has 1 atom stereocenters. The number of likely N-dealkylation sites (N-methyl/N-ethyl adjacent to an activating group) is 1. The summed E-state index contributed by atoms with van der Waals surface area (Å²) >= 11 is 6.27. The van der Waals surface area contributed by atoms with E-state index in [2.05, 4.69) is 44.7 Å². The highest BCUT2D eigenvalue weighted by Gasteiger charge is 2.38. The average molecular weight is 297 g/mol. The van der Waals surface area contributed by atoms with Gasteiger partial charge in [-0.15, -0.1) is 0 Å². The minimum absolute atomic E-state index is 0.00207. The third-order valence-electron chi connectivity index (χ3n) is 4.75. The second-order valence-electron chi connectivity index (χ2n) is 5.47. The van der Waals surface area contributed by atoms with Crippen LogP contribution in [0.2, 0.25) is 5.02 Å². The Kier molecular flexibility index (Phi) is 6.50. The number of aryl methyl sites for hydroxylation is 1. The van der Waals surface area contributed by atoms with Gasteiger partial charge in [0.15, 0.2) is 0 Å². The topological polar surface area (TPSA) is 29.3 Å². The molecule has 0 bridgehead atoms. The first-order valence-corrected chi connectivity index (χ1v) is 8.11. The lowest BCUT2D eigenvalue weighted by molar-refractivity contribution is 0.0625. The lowest BCUT2D eigenvalue weighted by Gasteiger charge is -2.46. The molecule has 1 aromatic carbocycles. The zero-order valence-corrected chi connectivity index (χ0v) is 14.3. The van der Waals surface area contributed by atoms with Crippen LogP contribution in [0.1, 0.15) is 57.7 Å². The van der Waals surface area contributed by atoms with Gasteiger partial charge in [-0.05, 0) is 50.0 Å². The number of benzene rings is 1. The second-order valence-corrected chi connectivity index (χ2v) is 5.88. The van der Waals surface area contributed by atoms with E-state index in [1.807, 2.05) is 13.0 Å². The summed E-state index contributed by atoms with van der Waals surface area (Å²) in [5.74, 6) is 0. The zero-order chi connectivity index (χ0) is 15.3. The van der Waals surface area contributed by atoms with Crippen LogP contribution in [0.5, 0.6) is 0 Å². The van der Waals surface area contributed by atoms with Crippen LogP contribution >= 0.6 is 11.6 Å². The van der Waals surface area contributed by atoms with Crippen LogP contribution in [0.15, 0.2) is 18.2 Å². The quantitative estimate of drug-likeness (QED) is 0.800. The van der Waals surface area contributed by atoms with Gasteiger partial charge in [0.25, 0.3) is 0 Å². The van der Waals surface area contributed by atoms with Crippen molar-refractivity contribution in [2.75, 3.05) is 13.1 Å². The van der Waals surface area contributed by atoms with E-state index in [4.69, 9.17) is 17.3 Å². The van der Waals surface area contributed by atoms with Gasteiger partial charge >= 0.3 is 0 Å². The van der Waals surface area contributed by atoms with Crippen molar-refractivity contribution in [1.82, 2.24) is 4.90 Å². The average Bonchev–Trinajstić information content (AvgIpc) is 2.47. The van der Waals surface area contributed by atoms with E-state index in [0.29, 0.717) is 0 Å². The molecule has 0 fully saturated rings. The number of nitrogens with two attached hydrogens (primary N) is 1. The molecule has 0 heterocycles. The monoisotopic (exact) mass is 296 g/mol. The largest absolute Gasteiger partial charge is 0.322 e. The number of hydrogen-bond donors (Lipinski definition) is 1. The molecule has 0 aliphatic carbocycles. The van der Waals surface area contributed by atoms with E-state index >= 15 is 0 Å². The van der Waals surface area contributed by atoms with Crippen LogP contribution in [0, 0.1) is 6.92 Å². The van der Waals surface area contributed by atoms with Gasteiger partial charge in [0.1, 0.15) is 0 Å². The van der Waals surface area contributed by atoms with Crippen molar-refractivity contribution in [2.24, 2.45) is 5.73 Å². The van der Waals surface area contributed by atoms with Gasteiger partial charge < -0.3 is 5.73 Å². The minimum atomic E-state index is -0.0181. The summed E-state index contributed by atoms with van der Waals surface area (Å²) in [4.78, 5) is 2.49.